The highest BCUT2D eigenvalue weighted by Crippen LogP contribution is 2.27. The monoisotopic (exact) mass is 163 g/mol. The number of aliphatic hydroxyl groups is 1. The van der Waals surface area contributed by atoms with Crippen LogP contribution in [-0.4, -0.2) is 11.3 Å². The van der Waals surface area contributed by atoms with Crippen molar-refractivity contribution in [2.24, 2.45) is 11.7 Å². The summed E-state index contributed by atoms with van der Waals surface area (Å²) in [5.74, 6) is 0.224. The molecule has 0 saturated carbocycles. The zero-order valence-electron chi connectivity index (χ0n) is 6.90. The molecule has 1 aromatic rings. The first-order valence-corrected chi connectivity index (χ1v) is 4.28. The number of fused-ring (bicyclic) bond motifs is 1. The standard InChI is InChI=1S/C10H13NO/c11-10(12)9-5-7-3-1-2-4-8(7)6-9/h1-4,9-10,12H,5-6,11H2. The minimum Gasteiger partial charge on any atom is -0.379 e. The first kappa shape index (κ1) is 7.77. The number of hydrogen-bond acceptors (Lipinski definition) is 2. The quantitative estimate of drug-likeness (QED) is 0.598. The van der Waals surface area contributed by atoms with Gasteiger partial charge in [0.15, 0.2) is 0 Å². The first-order chi connectivity index (χ1) is 5.77. The summed E-state index contributed by atoms with van der Waals surface area (Å²) in [6.07, 6.45) is 1.18. The second kappa shape index (κ2) is 2.88. The third-order valence-corrected chi connectivity index (χ3v) is 2.57. The van der Waals surface area contributed by atoms with Gasteiger partial charge in [-0.1, -0.05) is 24.3 Å². The van der Waals surface area contributed by atoms with E-state index < -0.39 is 6.23 Å². The molecule has 2 rings (SSSR count). The van der Waals surface area contributed by atoms with Crippen molar-refractivity contribution >= 4 is 0 Å². The van der Waals surface area contributed by atoms with Gasteiger partial charge in [0.1, 0.15) is 6.23 Å². The van der Waals surface area contributed by atoms with Crippen LogP contribution in [0.3, 0.4) is 0 Å². The highest BCUT2D eigenvalue weighted by Gasteiger charge is 2.24. The molecule has 0 aliphatic heterocycles. The second-order valence-electron chi connectivity index (χ2n) is 3.43. The fraction of sp³-hybridized carbons (Fsp3) is 0.400. The summed E-state index contributed by atoms with van der Waals surface area (Å²) in [5.41, 5.74) is 8.11. The SMILES string of the molecule is NC(O)C1Cc2ccccc2C1. The van der Waals surface area contributed by atoms with Crippen molar-refractivity contribution in [1.29, 1.82) is 0 Å². The van der Waals surface area contributed by atoms with Crippen molar-refractivity contribution < 1.29 is 5.11 Å². The normalized spacial score (nSPS) is 19.2. The highest BCUT2D eigenvalue weighted by molar-refractivity contribution is 5.32. The molecule has 0 bridgehead atoms. The van der Waals surface area contributed by atoms with E-state index in [0.29, 0.717) is 0 Å². The van der Waals surface area contributed by atoms with E-state index in [1.807, 2.05) is 12.1 Å². The molecule has 2 nitrogen and oxygen atoms in total. The molecule has 3 N–H and O–H groups in total. The summed E-state index contributed by atoms with van der Waals surface area (Å²) in [4.78, 5) is 0. The fourth-order valence-corrected chi connectivity index (χ4v) is 1.83. The van der Waals surface area contributed by atoms with Gasteiger partial charge in [0.25, 0.3) is 0 Å². The molecule has 0 fully saturated rings. The number of hydrogen-bond donors (Lipinski definition) is 2. The molecule has 2 heteroatoms. The largest absolute Gasteiger partial charge is 0.379 e. The van der Waals surface area contributed by atoms with Crippen molar-refractivity contribution in [3.63, 3.8) is 0 Å². The fourth-order valence-electron chi connectivity index (χ4n) is 1.83. The average molecular weight is 163 g/mol. The Morgan fingerprint density at radius 2 is 1.75 bits per heavy atom. The van der Waals surface area contributed by atoms with E-state index in [9.17, 15) is 5.11 Å². The molecule has 12 heavy (non-hydrogen) atoms. The number of benzene rings is 1. The van der Waals surface area contributed by atoms with Gasteiger partial charge in [-0.3, -0.25) is 0 Å². The summed E-state index contributed by atoms with van der Waals surface area (Å²) in [6.45, 7) is 0. The van der Waals surface area contributed by atoms with E-state index in [2.05, 4.69) is 12.1 Å². The smallest absolute Gasteiger partial charge is 0.105 e. The molecular formula is C10H13NO. The number of rotatable bonds is 1. The highest BCUT2D eigenvalue weighted by atomic mass is 16.3. The molecule has 0 heterocycles. The minimum atomic E-state index is -0.669. The van der Waals surface area contributed by atoms with Crippen LogP contribution in [0.25, 0.3) is 0 Å². The van der Waals surface area contributed by atoms with Crippen LogP contribution in [0.15, 0.2) is 24.3 Å². The number of nitrogens with two attached hydrogens (primary N) is 1. The van der Waals surface area contributed by atoms with Gasteiger partial charge in [0, 0.05) is 5.92 Å². The summed E-state index contributed by atoms with van der Waals surface area (Å²) >= 11 is 0. The van der Waals surface area contributed by atoms with E-state index in [4.69, 9.17) is 5.73 Å². The predicted molar refractivity (Wildman–Crippen MR) is 47.5 cm³/mol. The molecule has 1 aliphatic carbocycles. The van der Waals surface area contributed by atoms with Gasteiger partial charge in [-0.05, 0) is 24.0 Å². The van der Waals surface area contributed by atoms with Gasteiger partial charge in [-0.15, -0.1) is 0 Å². The molecule has 1 aromatic carbocycles. The van der Waals surface area contributed by atoms with Crippen LogP contribution < -0.4 is 5.73 Å². The molecule has 0 saturated heterocycles. The van der Waals surface area contributed by atoms with Crippen molar-refractivity contribution in [2.45, 2.75) is 19.1 Å². The van der Waals surface area contributed by atoms with Crippen molar-refractivity contribution in [3.8, 4) is 0 Å². The summed E-state index contributed by atoms with van der Waals surface area (Å²) in [7, 11) is 0. The molecule has 1 unspecified atom stereocenters. The van der Waals surface area contributed by atoms with Crippen LogP contribution in [0, 0.1) is 5.92 Å². The topological polar surface area (TPSA) is 46.2 Å². The molecule has 1 aliphatic rings. The Labute approximate surface area is 72.0 Å². The van der Waals surface area contributed by atoms with Crippen LogP contribution in [0.5, 0.6) is 0 Å². The van der Waals surface area contributed by atoms with E-state index in [-0.39, 0.29) is 5.92 Å². The van der Waals surface area contributed by atoms with Crippen molar-refractivity contribution in [3.05, 3.63) is 35.4 Å². The van der Waals surface area contributed by atoms with Gasteiger partial charge in [0.2, 0.25) is 0 Å². The lowest BCUT2D eigenvalue weighted by atomic mass is 10.1. The molecule has 0 radical (unpaired) electrons. The lowest BCUT2D eigenvalue weighted by Gasteiger charge is -2.11. The van der Waals surface area contributed by atoms with Crippen LogP contribution in [0.2, 0.25) is 0 Å². The van der Waals surface area contributed by atoms with Crippen LogP contribution in [0.1, 0.15) is 11.1 Å². The predicted octanol–water partition coefficient (Wildman–Crippen LogP) is 0.679. The molecule has 0 aromatic heterocycles. The van der Waals surface area contributed by atoms with Crippen LogP contribution in [-0.2, 0) is 12.8 Å². The first-order valence-electron chi connectivity index (χ1n) is 4.28. The Hall–Kier alpha value is -0.860. The second-order valence-corrected chi connectivity index (χ2v) is 3.43. The van der Waals surface area contributed by atoms with Crippen molar-refractivity contribution in [1.82, 2.24) is 0 Å². The maximum absolute atomic E-state index is 9.20. The summed E-state index contributed by atoms with van der Waals surface area (Å²) in [6, 6.07) is 8.28. The molecule has 0 amide bonds. The Balaban J connectivity index is 2.22. The van der Waals surface area contributed by atoms with E-state index in [1.165, 1.54) is 11.1 Å². The third-order valence-electron chi connectivity index (χ3n) is 2.57. The zero-order valence-corrected chi connectivity index (χ0v) is 6.90. The maximum atomic E-state index is 9.20. The Bertz CT molecular complexity index is 258. The molecule has 64 valence electrons. The van der Waals surface area contributed by atoms with E-state index in [0.717, 1.165) is 12.8 Å². The minimum absolute atomic E-state index is 0.224. The van der Waals surface area contributed by atoms with Crippen LogP contribution >= 0.6 is 0 Å². The molecular weight excluding hydrogens is 150 g/mol. The average Bonchev–Trinajstić information content (AvgIpc) is 2.46. The Kier molecular flexibility index (Phi) is 1.87. The van der Waals surface area contributed by atoms with Gasteiger partial charge in [-0.2, -0.15) is 0 Å². The lowest BCUT2D eigenvalue weighted by Crippen LogP contribution is -2.29. The molecule has 1 atom stereocenters. The zero-order chi connectivity index (χ0) is 8.55. The van der Waals surface area contributed by atoms with Crippen LogP contribution in [0.4, 0.5) is 0 Å². The van der Waals surface area contributed by atoms with Gasteiger partial charge in [-0.25, -0.2) is 0 Å². The maximum Gasteiger partial charge on any atom is 0.105 e. The Morgan fingerprint density at radius 3 is 2.17 bits per heavy atom. The van der Waals surface area contributed by atoms with Gasteiger partial charge >= 0.3 is 0 Å². The molecule has 0 spiro atoms. The third kappa shape index (κ3) is 1.24. The van der Waals surface area contributed by atoms with Gasteiger partial charge in [0.05, 0.1) is 0 Å². The summed E-state index contributed by atoms with van der Waals surface area (Å²) < 4.78 is 0. The van der Waals surface area contributed by atoms with Gasteiger partial charge < -0.3 is 10.8 Å². The number of aliphatic hydroxyl groups excluding tert-OH is 1. The lowest BCUT2D eigenvalue weighted by molar-refractivity contribution is 0.119. The van der Waals surface area contributed by atoms with Crippen molar-refractivity contribution in [2.75, 3.05) is 0 Å². The van der Waals surface area contributed by atoms with E-state index >= 15 is 0 Å². The Morgan fingerprint density at radius 1 is 1.25 bits per heavy atom. The van der Waals surface area contributed by atoms with E-state index in [1.54, 1.807) is 0 Å². The summed E-state index contributed by atoms with van der Waals surface area (Å²) in [5, 5.41) is 9.20.